The van der Waals surface area contributed by atoms with Crippen molar-refractivity contribution < 1.29 is 19.2 Å². The van der Waals surface area contributed by atoms with E-state index in [9.17, 15) is 19.2 Å². The molecule has 12 nitrogen and oxygen atoms in total. The van der Waals surface area contributed by atoms with Gasteiger partial charge in [-0.15, -0.1) is 0 Å². The third-order valence-corrected chi connectivity index (χ3v) is 13.0. The van der Waals surface area contributed by atoms with Crippen molar-refractivity contribution in [1.82, 2.24) is 16.0 Å². The summed E-state index contributed by atoms with van der Waals surface area (Å²) in [5.74, 6) is 0. The number of primary amides is 1. The Morgan fingerprint density at radius 3 is 1.24 bits per heavy atom. The standard InChI is InChI=1S/C56H98N8O4/c1-5-7-9-11-13-15-17-19-21-23-25-27-29-31-33-35-41-58-54(66)61-49-39-37-47(3)51(45-49)63-55(67)59-43-44-64(50-40-38-48(4)52(46-50)62-53(57)65)56(68)60-42-36-34-32-30-28-26-24-22-20-18-16-14-12-10-8-6-2/h37-40,45-46H,5-36,41-44H2,1-4H3,(H,60,68)(H3,57,62,65)(H2,58,61,66)(H2,59,63,67). The van der Waals surface area contributed by atoms with Gasteiger partial charge >= 0.3 is 24.1 Å². The lowest BCUT2D eigenvalue weighted by Gasteiger charge is -2.24. The number of urea groups is 4. The fourth-order valence-corrected chi connectivity index (χ4v) is 8.69. The topological polar surface area (TPSA) is 170 Å². The van der Waals surface area contributed by atoms with Crippen molar-refractivity contribution in [3.63, 3.8) is 0 Å². The van der Waals surface area contributed by atoms with E-state index in [1.165, 1.54) is 173 Å². The van der Waals surface area contributed by atoms with Gasteiger partial charge in [0, 0.05) is 48.9 Å². The van der Waals surface area contributed by atoms with Gasteiger partial charge in [-0.2, -0.15) is 0 Å². The van der Waals surface area contributed by atoms with Gasteiger partial charge in [0.2, 0.25) is 0 Å². The Bertz CT molecular complexity index is 1640. The molecule has 0 saturated carbocycles. The number of nitrogens with one attached hydrogen (secondary N) is 6. The number of rotatable bonds is 41. The molecule has 0 heterocycles. The average Bonchev–Trinajstić information content (AvgIpc) is 3.31. The molecule has 0 aliphatic rings. The van der Waals surface area contributed by atoms with E-state index in [0.29, 0.717) is 35.8 Å². The summed E-state index contributed by atoms with van der Waals surface area (Å²) in [6.07, 6.45) is 41.6. The first-order valence-electron chi connectivity index (χ1n) is 27.6. The van der Waals surface area contributed by atoms with E-state index in [2.05, 4.69) is 45.7 Å². The maximum Gasteiger partial charge on any atom is 0.321 e. The van der Waals surface area contributed by atoms with Crippen LogP contribution >= 0.6 is 0 Å². The Kier molecular flexibility index (Phi) is 35.4. The molecule has 12 heteroatoms. The Morgan fingerprint density at radius 1 is 0.426 bits per heavy atom. The third-order valence-electron chi connectivity index (χ3n) is 13.0. The fourth-order valence-electron chi connectivity index (χ4n) is 8.69. The molecule has 2 aromatic carbocycles. The lowest BCUT2D eigenvalue weighted by Crippen LogP contribution is -2.45. The summed E-state index contributed by atoms with van der Waals surface area (Å²) in [6, 6.07) is 9.06. The molecule has 8 amide bonds. The fraction of sp³-hybridized carbons (Fsp3) is 0.714. The highest BCUT2D eigenvalue weighted by molar-refractivity contribution is 5.95. The van der Waals surface area contributed by atoms with E-state index in [4.69, 9.17) is 5.73 Å². The number of aryl methyl sites for hydroxylation is 2. The summed E-state index contributed by atoms with van der Waals surface area (Å²) in [5.41, 5.74) is 9.27. The number of anilines is 4. The number of benzene rings is 2. The Hall–Kier alpha value is -4.48. The quantitative estimate of drug-likeness (QED) is 0.0330. The molecule has 0 fully saturated rings. The van der Waals surface area contributed by atoms with Gasteiger partial charge in [0.1, 0.15) is 0 Å². The number of carbonyl (C=O) groups is 4. The van der Waals surface area contributed by atoms with Gasteiger partial charge < -0.3 is 37.6 Å². The molecule has 0 saturated heterocycles. The maximum absolute atomic E-state index is 13.6. The second kappa shape index (κ2) is 40.4. The van der Waals surface area contributed by atoms with E-state index in [-0.39, 0.29) is 25.2 Å². The third kappa shape index (κ3) is 30.8. The predicted octanol–water partition coefficient (Wildman–Crippen LogP) is 15.8. The van der Waals surface area contributed by atoms with E-state index < -0.39 is 12.1 Å². The largest absolute Gasteiger partial charge is 0.351 e. The normalized spacial score (nSPS) is 11.0. The van der Waals surface area contributed by atoms with Crippen molar-refractivity contribution in [2.45, 2.75) is 233 Å². The van der Waals surface area contributed by atoms with Crippen molar-refractivity contribution in [2.75, 3.05) is 47.0 Å². The highest BCUT2D eigenvalue weighted by Gasteiger charge is 2.18. The Labute approximate surface area is 414 Å². The van der Waals surface area contributed by atoms with Gasteiger partial charge in [0.15, 0.2) is 0 Å². The van der Waals surface area contributed by atoms with Crippen LogP contribution in [0, 0.1) is 13.8 Å². The smallest absolute Gasteiger partial charge is 0.321 e. The summed E-state index contributed by atoms with van der Waals surface area (Å²) in [4.78, 5) is 52.7. The molecule has 0 aliphatic carbocycles. The molecule has 0 atom stereocenters. The predicted molar refractivity (Wildman–Crippen MR) is 289 cm³/mol. The van der Waals surface area contributed by atoms with E-state index in [0.717, 1.165) is 43.2 Å². The monoisotopic (exact) mass is 947 g/mol. The minimum absolute atomic E-state index is 0.156. The molecular weight excluding hydrogens is 849 g/mol. The van der Waals surface area contributed by atoms with Gasteiger partial charge in [-0.05, 0) is 62.1 Å². The second-order valence-electron chi connectivity index (χ2n) is 19.3. The Morgan fingerprint density at radius 2 is 0.794 bits per heavy atom. The molecule has 0 aromatic heterocycles. The van der Waals surface area contributed by atoms with Crippen LogP contribution in [0.4, 0.5) is 41.9 Å². The minimum atomic E-state index is -0.691. The van der Waals surface area contributed by atoms with E-state index in [1.807, 2.05) is 38.1 Å². The van der Waals surface area contributed by atoms with Crippen molar-refractivity contribution in [1.29, 1.82) is 0 Å². The zero-order chi connectivity index (χ0) is 49.3. The van der Waals surface area contributed by atoms with Crippen LogP contribution in [0.2, 0.25) is 0 Å². The number of hydrogen-bond acceptors (Lipinski definition) is 4. The molecule has 386 valence electrons. The van der Waals surface area contributed by atoms with Gasteiger partial charge in [-0.1, -0.05) is 219 Å². The van der Waals surface area contributed by atoms with Crippen LogP contribution < -0.4 is 42.5 Å². The lowest BCUT2D eigenvalue weighted by atomic mass is 10.0. The highest BCUT2D eigenvalue weighted by atomic mass is 16.2. The minimum Gasteiger partial charge on any atom is -0.351 e. The number of nitrogens with two attached hydrogens (primary N) is 1. The second-order valence-corrected chi connectivity index (χ2v) is 19.3. The number of hydrogen-bond donors (Lipinski definition) is 7. The summed E-state index contributed by atoms with van der Waals surface area (Å²) in [7, 11) is 0. The first-order valence-corrected chi connectivity index (χ1v) is 27.6. The molecule has 0 aliphatic heterocycles. The zero-order valence-electron chi connectivity index (χ0n) is 43.6. The Balaban J connectivity index is 1.70. The van der Waals surface area contributed by atoms with Crippen molar-refractivity contribution in [2.24, 2.45) is 5.73 Å². The van der Waals surface area contributed by atoms with Crippen LogP contribution in [0.25, 0.3) is 0 Å². The SMILES string of the molecule is CCCCCCCCCCCCCCCCCCNC(=O)Nc1ccc(C)c(NC(=O)NCCN(C(=O)NCCCCCCCCCCCCCCCCCC)c2ccc(C)c(NC(N)=O)c2)c1. The van der Waals surface area contributed by atoms with Crippen molar-refractivity contribution >= 4 is 46.9 Å². The molecule has 0 spiro atoms. The number of unbranched alkanes of at least 4 members (excludes halogenated alkanes) is 30. The van der Waals surface area contributed by atoms with Crippen LogP contribution in [-0.4, -0.2) is 50.3 Å². The van der Waals surface area contributed by atoms with Crippen molar-refractivity contribution in [3.8, 4) is 0 Å². The van der Waals surface area contributed by atoms with Crippen molar-refractivity contribution in [3.05, 3.63) is 47.5 Å². The van der Waals surface area contributed by atoms with Crippen LogP contribution in [0.1, 0.15) is 230 Å². The van der Waals surface area contributed by atoms with Gasteiger partial charge in [0.05, 0.1) is 0 Å². The van der Waals surface area contributed by atoms with E-state index in [1.54, 1.807) is 17.0 Å². The number of amides is 8. The molecule has 0 bridgehead atoms. The molecule has 2 rings (SSSR count). The summed E-state index contributed by atoms with van der Waals surface area (Å²) >= 11 is 0. The molecule has 8 N–H and O–H groups in total. The number of carbonyl (C=O) groups excluding carboxylic acids is 4. The van der Waals surface area contributed by atoms with Crippen LogP contribution in [0.15, 0.2) is 36.4 Å². The summed E-state index contributed by atoms with van der Waals surface area (Å²) < 4.78 is 0. The summed E-state index contributed by atoms with van der Waals surface area (Å²) in [6.45, 7) is 9.77. The average molecular weight is 947 g/mol. The van der Waals surface area contributed by atoms with Gasteiger partial charge in [-0.25, -0.2) is 19.2 Å². The first kappa shape index (κ1) is 59.6. The highest BCUT2D eigenvalue weighted by Crippen LogP contribution is 2.24. The molecule has 2 aromatic rings. The molecule has 68 heavy (non-hydrogen) atoms. The lowest BCUT2D eigenvalue weighted by molar-refractivity contribution is 0.244. The van der Waals surface area contributed by atoms with Crippen LogP contribution in [-0.2, 0) is 0 Å². The molecule has 0 radical (unpaired) electrons. The zero-order valence-corrected chi connectivity index (χ0v) is 43.6. The van der Waals surface area contributed by atoms with Gasteiger partial charge in [-0.3, -0.25) is 4.90 Å². The van der Waals surface area contributed by atoms with Gasteiger partial charge in [0.25, 0.3) is 0 Å². The van der Waals surface area contributed by atoms with Crippen LogP contribution in [0.5, 0.6) is 0 Å². The molecule has 0 unspecified atom stereocenters. The summed E-state index contributed by atoms with van der Waals surface area (Å²) in [5, 5.41) is 17.3. The van der Waals surface area contributed by atoms with E-state index >= 15 is 0 Å². The number of nitrogens with zero attached hydrogens (tertiary/aromatic N) is 1. The first-order chi connectivity index (χ1) is 33.1. The molecular formula is C56H98N8O4. The van der Waals surface area contributed by atoms with Crippen LogP contribution in [0.3, 0.4) is 0 Å². The maximum atomic E-state index is 13.6.